The van der Waals surface area contributed by atoms with Crippen LogP contribution in [-0.4, -0.2) is 21.3 Å². The predicted octanol–water partition coefficient (Wildman–Crippen LogP) is 2.27. The molecule has 18 heavy (non-hydrogen) atoms. The third-order valence-electron chi connectivity index (χ3n) is 3.54. The number of nitrogens with one attached hydrogen (secondary N) is 1. The SMILES string of the molecule is O=C(O)C1CCc2c(-c3ccccc3)n[nH]c2C1. The van der Waals surface area contributed by atoms with Crippen molar-refractivity contribution >= 4 is 5.97 Å². The number of benzene rings is 1. The van der Waals surface area contributed by atoms with E-state index >= 15 is 0 Å². The third kappa shape index (κ3) is 1.79. The average molecular weight is 242 g/mol. The second-order valence-corrected chi connectivity index (χ2v) is 4.67. The minimum Gasteiger partial charge on any atom is -0.481 e. The molecule has 1 heterocycles. The Morgan fingerprint density at radius 2 is 2.11 bits per heavy atom. The zero-order chi connectivity index (χ0) is 12.5. The van der Waals surface area contributed by atoms with E-state index in [0.29, 0.717) is 12.8 Å². The lowest BCUT2D eigenvalue weighted by Gasteiger charge is -2.18. The van der Waals surface area contributed by atoms with Crippen molar-refractivity contribution in [3.8, 4) is 11.3 Å². The Kier molecular flexibility index (Phi) is 2.63. The predicted molar refractivity (Wildman–Crippen MR) is 67.2 cm³/mol. The topological polar surface area (TPSA) is 66.0 Å². The molecule has 0 amide bonds. The second-order valence-electron chi connectivity index (χ2n) is 4.67. The first-order valence-corrected chi connectivity index (χ1v) is 6.10. The van der Waals surface area contributed by atoms with E-state index in [4.69, 9.17) is 5.11 Å². The van der Waals surface area contributed by atoms with Crippen molar-refractivity contribution < 1.29 is 9.90 Å². The van der Waals surface area contributed by atoms with Gasteiger partial charge in [-0.3, -0.25) is 9.89 Å². The maximum absolute atomic E-state index is 11.0. The van der Waals surface area contributed by atoms with Crippen LogP contribution in [0.4, 0.5) is 0 Å². The first-order valence-electron chi connectivity index (χ1n) is 6.10. The normalized spacial score (nSPS) is 18.3. The number of aromatic amines is 1. The van der Waals surface area contributed by atoms with Crippen LogP contribution in [0.2, 0.25) is 0 Å². The molecule has 2 N–H and O–H groups in total. The molecule has 0 fully saturated rings. The zero-order valence-corrected chi connectivity index (χ0v) is 9.89. The van der Waals surface area contributed by atoms with Crippen LogP contribution >= 0.6 is 0 Å². The smallest absolute Gasteiger partial charge is 0.306 e. The van der Waals surface area contributed by atoms with E-state index in [-0.39, 0.29) is 5.92 Å². The number of H-pyrrole nitrogens is 1. The summed E-state index contributed by atoms with van der Waals surface area (Å²) in [5, 5.41) is 16.4. The van der Waals surface area contributed by atoms with Crippen LogP contribution in [0.3, 0.4) is 0 Å². The molecular weight excluding hydrogens is 228 g/mol. The van der Waals surface area contributed by atoms with Crippen LogP contribution in [0, 0.1) is 5.92 Å². The van der Waals surface area contributed by atoms with Gasteiger partial charge in [-0.05, 0) is 12.8 Å². The Balaban J connectivity index is 1.96. The molecule has 1 atom stereocenters. The number of carboxylic acid groups (broad SMARTS) is 1. The van der Waals surface area contributed by atoms with Crippen LogP contribution in [0.15, 0.2) is 30.3 Å². The summed E-state index contributed by atoms with van der Waals surface area (Å²) >= 11 is 0. The lowest BCUT2D eigenvalue weighted by Crippen LogP contribution is -2.22. The van der Waals surface area contributed by atoms with Crippen LogP contribution in [0.1, 0.15) is 17.7 Å². The molecule has 0 aliphatic heterocycles. The maximum Gasteiger partial charge on any atom is 0.306 e. The minimum atomic E-state index is -0.712. The summed E-state index contributed by atoms with van der Waals surface area (Å²) in [4.78, 5) is 11.0. The van der Waals surface area contributed by atoms with Crippen LogP contribution in [-0.2, 0) is 17.6 Å². The van der Waals surface area contributed by atoms with Crippen molar-refractivity contribution in [1.82, 2.24) is 10.2 Å². The quantitative estimate of drug-likeness (QED) is 0.849. The van der Waals surface area contributed by atoms with Gasteiger partial charge in [0.25, 0.3) is 0 Å². The minimum absolute atomic E-state index is 0.276. The summed E-state index contributed by atoms with van der Waals surface area (Å²) in [6.07, 6.45) is 2.04. The van der Waals surface area contributed by atoms with Gasteiger partial charge in [-0.25, -0.2) is 0 Å². The van der Waals surface area contributed by atoms with Gasteiger partial charge in [0.15, 0.2) is 0 Å². The number of aromatic nitrogens is 2. The Labute approximate surface area is 105 Å². The van der Waals surface area contributed by atoms with E-state index in [2.05, 4.69) is 10.2 Å². The molecule has 1 aliphatic rings. The molecule has 1 aromatic heterocycles. The van der Waals surface area contributed by atoms with Crippen LogP contribution < -0.4 is 0 Å². The zero-order valence-electron chi connectivity index (χ0n) is 9.89. The molecule has 4 heteroatoms. The number of fused-ring (bicyclic) bond motifs is 1. The van der Waals surface area contributed by atoms with E-state index in [1.165, 1.54) is 5.56 Å². The fraction of sp³-hybridized carbons (Fsp3) is 0.286. The summed E-state index contributed by atoms with van der Waals surface area (Å²) in [6.45, 7) is 0. The molecule has 0 bridgehead atoms. The van der Waals surface area contributed by atoms with Gasteiger partial charge in [0.1, 0.15) is 0 Å². The number of carbonyl (C=O) groups is 1. The highest BCUT2D eigenvalue weighted by Crippen LogP contribution is 2.31. The molecule has 0 spiro atoms. The van der Waals surface area contributed by atoms with Gasteiger partial charge in [-0.15, -0.1) is 0 Å². The van der Waals surface area contributed by atoms with Crippen LogP contribution in [0.5, 0.6) is 0 Å². The Morgan fingerprint density at radius 1 is 1.33 bits per heavy atom. The van der Waals surface area contributed by atoms with E-state index < -0.39 is 5.97 Å². The second kappa shape index (κ2) is 4.29. The summed E-state index contributed by atoms with van der Waals surface area (Å²) in [5.41, 5.74) is 4.21. The average Bonchev–Trinajstić information content (AvgIpc) is 2.82. The molecule has 1 aliphatic carbocycles. The van der Waals surface area contributed by atoms with Crippen LogP contribution in [0.25, 0.3) is 11.3 Å². The number of hydrogen-bond donors (Lipinski definition) is 2. The molecule has 0 saturated carbocycles. The Bertz CT molecular complexity index is 575. The number of nitrogens with zero attached hydrogens (tertiary/aromatic N) is 1. The Morgan fingerprint density at radius 3 is 2.83 bits per heavy atom. The van der Waals surface area contributed by atoms with E-state index in [1.54, 1.807) is 0 Å². The fourth-order valence-corrected chi connectivity index (χ4v) is 2.55. The summed E-state index contributed by atoms with van der Waals surface area (Å²) in [5.74, 6) is -0.988. The Hall–Kier alpha value is -2.10. The van der Waals surface area contributed by atoms with E-state index in [0.717, 1.165) is 23.4 Å². The summed E-state index contributed by atoms with van der Waals surface area (Å²) in [6, 6.07) is 10.0. The van der Waals surface area contributed by atoms with Gasteiger partial charge in [0.05, 0.1) is 11.6 Å². The van der Waals surface area contributed by atoms with Gasteiger partial charge in [0.2, 0.25) is 0 Å². The monoisotopic (exact) mass is 242 g/mol. The van der Waals surface area contributed by atoms with E-state index in [9.17, 15) is 4.79 Å². The van der Waals surface area contributed by atoms with Crippen molar-refractivity contribution in [2.75, 3.05) is 0 Å². The standard InChI is InChI=1S/C14H14N2O2/c17-14(18)10-6-7-11-12(8-10)15-16-13(11)9-4-2-1-3-5-9/h1-5,10H,6-8H2,(H,15,16)(H,17,18). The van der Waals surface area contributed by atoms with Gasteiger partial charge < -0.3 is 5.11 Å². The summed E-state index contributed by atoms with van der Waals surface area (Å²) in [7, 11) is 0. The lowest BCUT2D eigenvalue weighted by atomic mass is 9.86. The van der Waals surface area contributed by atoms with Gasteiger partial charge in [0, 0.05) is 23.2 Å². The van der Waals surface area contributed by atoms with Gasteiger partial charge in [-0.1, -0.05) is 30.3 Å². The molecule has 0 radical (unpaired) electrons. The number of carboxylic acids is 1. The third-order valence-corrected chi connectivity index (χ3v) is 3.54. The highest BCUT2D eigenvalue weighted by Gasteiger charge is 2.27. The number of aliphatic carboxylic acids is 1. The number of hydrogen-bond acceptors (Lipinski definition) is 2. The lowest BCUT2D eigenvalue weighted by molar-refractivity contribution is -0.142. The van der Waals surface area contributed by atoms with Crippen molar-refractivity contribution in [2.24, 2.45) is 5.92 Å². The first kappa shape index (κ1) is 11.0. The van der Waals surface area contributed by atoms with Gasteiger partial charge in [-0.2, -0.15) is 5.10 Å². The number of rotatable bonds is 2. The van der Waals surface area contributed by atoms with Gasteiger partial charge >= 0.3 is 5.97 Å². The van der Waals surface area contributed by atoms with Crippen molar-refractivity contribution in [2.45, 2.75) is 19.3 Å². The van der Waals surface area contributed by atoms with Crippen molar-refractivity contribution in [3.63, 3.8) is 0 Å². The maximum atomic E-state index is 11.0. The molecule has 1 unspecified atom stereocenters. The summed E-state index contributed by atoms with van der Waals surface area (Å²) < 4.78 is 0. The largest absolute Gasteiger partial charge is 0.481 e. The molecule has 0 saturated heterocycles. The first-order chi connectivity index (χ1) is 8.75. The van der Waals surface area contributed by atoms with Crippen molar-refractivity contribution in [3.05, 3.63) is 41.6 Å². The highest BCUT2D eigenvalue weighted by molar-refractivity contribution is 5.72. The molecule has 92 valence electrons. The highest BCUT2D eigenvalue weighted by atomic mass is 16.4. The molecule has 2 aromatic rings. The molecule has 1 aromatic carbocycles. The van der Waals surface area contributed by atoms with Crippen molar-refractivity contribution in [1.29, 1.82) is 0 Å². The molecule has 3 rings (SSSR count). The van der Waals surface area contributed by atoms with E-state index in [1.807, 2.05) is 30.3 Å². The molecular formula is C14H14N2O2. The fourth-order valence-electron chi connectivity index (χ4n) is 2.55. The molecule has 4 nitrogen and oxygen atoms in total.